The molecular weight excluding hydrogens is 254 g/mol. The van der Waals surface area contributed by atoms with Crippen molar-refractivity contribution in [3.63, 3.8) is 0 Å². The van der Waals surface area contributed by atoms with Crippen LogP contribution < -0.4 is 0 Å². The molecule has 6 heteroatoms. The maximum absolute atomic E-state index is 11.6. The van der Waals surface area contributed by atoms with Gasteiger partial charge in [0, 0.05) is 0 Å². The van der Waals surface area contributed by atoms with Crippen molar-refractivity contribution in [1.82, 2.24) is 4.90 Å². The van der Waals surface area contributed by atoms with E-state index in [-0.39, 0.29) is 6.54 Å². The summed E-state index contributed by atoms with van der Waals surface area (Å²) < 4.78 is 22.5. The van der Waals surface area contributed by atoms with E-state index in [2.05, 4.69) is 0 Å². The summed E-state index contributed by atoms with van der Waals surface area (Å²) in [5.41, 5.74) is 1.89. The maximum Gasteiger partial charge on any atom is 0.244 e. The Labute approximate surface area is 105 Å². The summed E-state index contributed by atoms with van der Waals surface area (Å²) in [7, 11) is -3.55. The van der Waals surface area contributed by atoms with Crippen LogP contribution in [0.5, 0.6) is 0 Å². The van der Waals surface area contributed by atoms with E-state index in [4.69, 9.17) is 0 Å². The Kier molecular flexibility index (Phi) is 3.21. The van der Waals surface area contributed by atoms with E-state index in [1.807, 2.05) is 31.2 Å². The van der Waals surface area contributed by atoms with Crippen LogP contribution in [0.25, 0.3) is 0 Å². The Morgan fingerprint density at radius 3 is 2.06 bits per heavy atom. The number of carbonyl (C=O) groups excluding carboxylic acids is 2. The highest BCUT2D eigenvalue weighted by atomic mass is 32.2. The average molecular weight is 267 g/mol. The van der Waals surface area contributed by atoms with Gasteiger partial charge in [-0.3, -0.25) is 14.5 Å². The number of imide groups is 1. The molecule has 2 rings (SSSR count). The molecule has 0 spiro atoms. The van der Waals surface area contributed by atoms with Crippen molar-refractivity contribution in [2.75, 3.05) is 11.5 Å². The fraction of sp³-hybridized carbons (Fsp3) is 0.333. The minimum Gasteiger partial charge on any atom is -0.276 e. The van der Waals surface area contributed by atoms with Crippen LogP contribution in [0.15, 0.2) is 24.3 Å². The van der Waals surface area contributed by atoms with E-state index in [1.165, 1.54) is 0 Å². The second-order valence-corrected chi connectivity index (χ2v) is 6.46. The van der Waals surface area contributed by atoms with Gasteiger partial charge < -0.3 is 0 Å². The lowest BCUT2D eigenvalue weighted by atomic mass is 10.1. The number of hydrogen-bond acceptors (Lipinski definition) is 4. The summed E-state index contributed by atoms with van der Waals surface area (Å²) in [5.74, 6) is -2.45. The number of carbonyl (C=O) groups is 2. The van der Waals surface area contributed by atoms with Gasteiger partial charge in [0.15, 0.2) is 9.84 Å². The number of benzene rings is 1. The van der Waals surface area contributed by atoms with E-state index in [1.54, 1.807) is 0 Å². The SMILES string of the molecule is Cc1ccc(CN2C(=O)CS(=O)(=O)CC2=O)cc1. The molecule has 0 bridgehead atoms. The first kappa shape index (κ1) is 12.8. The molecule has 0 atom stereocenters. The third-order valence-corrected chi connectivity index (χ3v) is 4.12. The Hall–Kier alpha value is -1.69. The van der Waals surface area contributed by atoms with Gasteiger partial charge in [0.05, 0.1) is 6.54 Å². The summed E-state index contributed by atoms with van der Waals surface area (Å²) in [6.07, 6.45) is 0. The van der Waals surface area contributed by atoms with Gasteiger partial charge in [-0.2, -0.15) is 0 Å². The maximum atomic E-state index is 11.6. The number of hydrogen-bond donors (Lipinski definition) is 0. The van der Waals surface area contributed by atoms with Gasteiger partial charge in [0.25, 0.3) is 0 Å². The molecule has 0 unspecified atom stereocenters. The van der Waals surface area contributed by atoms with Crippen LogP contribution in [-0.2, 0) is 26.0 Å². The van der Waals surface area contributed by atoms with Crippen molar-refractivity contribution in [3.05, 3.63) is 35.4 Å². The predicted molar refractivity (Wildman–Crippen MR) is 65.4 cm³/mol. The summed E-state index contributed by atoms with van der Waals surface area (Å²) in [6, 6.07) is 7.40. The Balaban J connectivity index is 2.17. The smallest absolute Gasteiger partial charge is 0.244 e. The molecule has 0 aliphatic carbocycles. The fourth-order valence-electron chi connectivity index (χ4n) is 1.77. The van der Waals surface area contributed by atoms with Crippen molar-refractivity contribution < 1.29 is 18.0 Å². The number of sulfone groups is 1. The lowest BCUT2D eigenvalue weighted by Gasteiger charge is -2.24. The van der Waals surface area contributed by atoms with Gasteiger partial charge in [-0.15, -0.1) is 0 Å². The molecule has 1 fully saturated rings. The van der Waals surface area contributed by atoms with Gasteiger partial charge in [-0.25, -0.2) is 8.42 Å². The molecule has 1 aliphatic heterocycles. The largest absolute Gasteiger partial charge is 0.276 e. The highest BCUT2D eigenvalue weighted by Gasteiger charge is 2.35. The Bertz CT molecular complexity index is 565. The van der Waals surface area contributed by atoms with Gasteiger partial charge in [-0.05, 0) is 12.5 Å². The molecule has 18 heavy (non-hydrogen) atoms. The summed E-state index contributed by atoms with van der Waals surface area (Å²) in [6.45, 7) is 2.07. The molecule has 0 radical (unpaired) electrons. The molecule has 0 aromatic heterocycles. The van der Waals surface area contributed by atoms with E-state index >= 15 is 0 Å². The third kappa shape index (κ3) is 2.76. The van der Waals surface area contributed by atoms with Crippen LogP contribution in [0, 0.1) is 6.92 Å². The topological polar surface area (TPSA) is 71.5 Å². The van der Waals surface area contributed by atoms with Crippen LogP contribution in [-0.4, -0.2) is 36.6 Å². The van der Waals surface area contributed by atoms with E-state index in [0.717, 1.165) is 16.0 Å². The van der Waals surface area contributed by atoms with Crippen molar-refractivity contribution in [1.29, 1.82) is 0 Å². The van der Waals surface area contributed by atoms with Crippen molar-refractivity contribution in [2.24, 2.45) is 0 Å². The molecule has 96 valence electrons. The molecule has 1 aromatic rings. The second kappa shape index (κ2) is 4.53. The second-order valence-electron chi connectivity index (χ2n) is 4.39. The van der Waals surface area contributed by atoms with Crippen LogP contribution in [0.2, 0.25) is 0 Å². The first-order valence-corrected chi connectivity index (χ1v) is 7.29. The standard InChI is InChI=1S/C12H13NO4S/c1-9-2-4-10(5-3-9)6-13-11(14)7-18(16,17)8-12(13)15/h2-5H,6-8H2,1H3. The Morgan fingerprint density at radius 1 is 1.06 bits per heavy atom. The summed E-state index contributed by atoms with van der Waals surface area (Å²) in [5, 5.41) is 0. The van der Waals surface area contributed by atoms with Crippen molar-refractivity contribution in [2.45, 2.75) is 13.5 Å². The normalized spacial score (nSPS) is 19.1. The summed E-state index contributed by atoms with van der Waals surface area (Å²) >= 11 is 0. The highest BCUT2D eigenvalue weighted by Crippen LogP contribution is 2.12. The monoisotopic (exact) mass is 267 g/mol. The van der Waals surface area contributed by atoms with E-state index in [0.29, 0.717) is 0 Å². The highest BCUT2D eigenvalue weighted by molar-refractivity contribution is 7.92. The zero-order valence-corrected chi connectivity index (χ0v) is 10.7. The van der Waals surface area contributed by atoms with E-state index < -0.39 is 33.2 Å². The molecule has 1 aromatic carbocycles. The number of rotatable bonds is 2. The first-order valence-electron chi connectivity index (χ1n) is 5.46. The Morgan fingerprint density at radius 2 is 1.56 bits per heavy atom. The van der Waals surface area contributed by atoms with Gasteiger partial charge in [0.2, 0.25) is 11.8 Å². The summed E-state index contributed by atoms with van der Waals surface area (Å²) in [4.78, 5) is 24.2. The van der Waals surface area contributed by atoms with Crippen molar-refractivity contribution >= 4 is 21.7 Å². The lowest BCUT2D eigenvalue weighted by Crippen LogP contribution is -2.48. The van der Waals surface area contributed by atoms with Crippen LogP contribution in [0.1, 0.15) is 11.1 Å². The van der Waals surface area contributed by atoms with Crippen LogP contribution in [0.3, 0.4) is 0 Å². The zero-order valence-electron chi connectivity index (χ0n) is 9.92. The molecule has 5 nitrogen and oxygen atoms in total. The number of aryl methyl sites for hydroxylation is 1. The minimum atomic E-state index is -3.55. The number of amides is 2. The van der Waals surface area contributed by atoms with Crippen LogP contribution >= 0.6 is 0 Å². The molecule has 2 amide bonds. The van der Waals surface area contributed by atoms with Gasteiger partial charge in [0.1, 0.15) is 11.5 Å². The molecule has 0 saturated carbocycles. The van der Waals surface area contributed by atoms with Crippen molar-refractivity contribution in [3.8, 4) is 0 Å². The zero-order chi connectivity index (χ0) is 13.3. The predicted octanol–water partition coefficient (Wildman–Crippen LogP) is 0.279. The molecule has 1 saturated heterocycles. The number of nitrogens with zero attached hydrogens (tertiary/aromatic N) is 1. The van der Waals surface area contributed by atoms with E-state index in [9.17, 15) is 18.0 Å². The van der Waals surface area contributed by atoms with Gasteiger partial charge >= 0.3 is 0 Å². The average Bonchev–Trinajstić information content (AvgIpc) is 2.24. The molecule has 1 aliphatic rings. The first-order chi connectivity index (χ1) is 8.37. The molecular formula is C12H13NO4S. The lowest BCUT2D eigenvalue weighted by molar-refractivity contribution is -0.143. The molecule has 0 N–H and O–H groups in total. The minimum absolute atomic E-state index is 0.132. The van der Waals surface area contributed by atoms with Gasteiger partial charge in [-0.1, -0.05) is 29.8 Å². The fourth-order valence-corrected chi connectivity index (χ4v) is 2.94. The quantitative estimate of drug-likeness (QED) is 0.721. The molecule has 1 heterocycles. The third-order valence-electron chi connectivity index (χ3n) is 2.75. The van der Waals surface area contributed by atoms with Crippen LogP contribution in [0.4, 0.5) is 0 Å².